The van der Waals surface area contributed by atoms with Crippen LogP contribution in [0, 0.1) is 18.3 Å². The van der Waals surface area contributed by atoms with Gasteiger partial charge < -0.3 is 5.32 Å². The van der Waals surface area contributed by atoms with Gasteiger partial charge in [-0.05, 0) is 72.1 Å². The predicted octanol–water partition coefficient (Wildman–Crippen LogP) is 5.69. The molecule has 1 aliphatic carbocycles. The van der Waals surface area contributed by atoms with Gasteiger partial charge in [0.2, 0.25) is 0 Å². The Morgan fingerprint density at radius 1 is 1.37 bits per heavy atom. The summed E-state index contributed by atoms with van der Waals surface area (Å²) in [6, 6.07) is 2.89. The second-order valence-electron chi connectivity index (χ2n) is 6.49. The molecule has 1 fully saturated rings. The van der Waals surface area contributed by atoms with Crippen molar-refractivity contribution in [1.29, 1.82) is 0 Å². The maximum absolute atomic E-state index is 3.68. The summed E-state index contributed by atoms with van der Waals surface area (Å²) < 4.78 is 1.29. The Hall–Kier alpha value is 0.140. The van der Waals surface area contributed by atoms with Crippen molar-refractivity contribution in [3.63, 3.8) is 0 Å². The molecular weight excluding hydrogens is 318 g/mol. The molecule has 0 aromatic carbocycles. The maximum Gasteiger partial charge on any atom is 0.0731 e. The van der Waals surface area contributed by atoms with Crippen LogP contribution < -0.4 is 5.32 Å². The molecule has 0 bridgehead atoms. The van der Waals surface area contributed by atoms with Crippen LogP contribution in [0.25, 0.3) is 0 Å². The molecule has 1 aromatic rings. The van der Waals surface area contributed by atoms with Crippen LogP contribution in [0.4, 0.5) is 0 Å². The zero-order chi connectivity index (χ0) is 14.0. The molecule has 1 unspecified atom stereocenters. The third kappa shape index (κ3) is 3.25. The molecule has 108 valence electrons. The van der Waals surface area contributed by atoms with Crippen LogP contribution in [-0.2, 0) is 0 Å². The van der Waals surface area contributed by atoms with E-state index in [9.17, 15) is 0 Å². The standard InChI is InChI=1S/C16H26BrNS/c1-11(2)10-16(7-5-6-8-16)14(18-4)13-9-12(3)15(17)19-13/h9,11,14,18H,5-8,10H2,1-4H3. The highest BCUT2D eigenvalue weighted by molar-refractivity contribution is 9.11. The second-order valence-corrected chi connectivity index (χ2v) is 8.90. The van der Waals surface area contributed by atoms with Crippen LogP contribution in [0.15, 0.2) is 9.85 Å². The minimum absolute atomic E-state index is 0.472. The quantitative estimate of drug-likeness (QED) is 0.724. The molecule has 0 radical (unpaired) electrons. The van der Waals surface area contributed by atoms with Gasteiger partial charge in [-0.3, -0.25) is 0 Å². The first-order valence-electron chi connectivity index (χ1n) is 7.41. The highest BCUT2D eigenvalue weighted by Crippen LogP contribution is 2.53. The van der Waals surface area contributed by atoms with E-state index in [1.165, 1.54) is 46.3 Å². The first kappa shape index (κ1) is 15.5. The first-order valence-corrected chi connectivity index (χ1v) is 9.02. The van der Waals surface area contributed by atoms with Crippen molar-refractivity contribution in [3.8, 4) is 0 Å². The normalized spacial score (nSPS) is 20.1. The van der Waals surface area contributed by atoms with Gasteiger partial charge in [0.25, 0.3) is 0 Å². The molecule has 1 N–H and O–H groups in total. The van der Waals surface area contributed by atoms with Crippen molar-refractivity contribution in [2.75, 3.05) is 7.05 Å². The smallest absolute Gasteiger partial charge is 0.0731 e. The van der Waals surface area contributed by atoms with E-state index in [-0.39, 0.29) is 0 Å². The zero-order valence-electron chi connectivity index (χ0n) is 12.6. The summed E-state index contributed by atoms with van der Waals surface area (Å²) in [6.07, 6.45) is 6.90. The Kier molecular flexibility index (Phi) is 5.13. The second kappa shape index (κ2) is 6.28. The van der Waals surface area contributed by atoms with Gasteiger partial charge in [-0.2, -0.15) is 0 Å². The largest absolute Gasteiger partial charge is 0.312 e. The van der Waals surface area contributed by atoms with Gasteiger partial charge in [0.15, 0.2) is 0 Å². The SMILES string of the molecule is CNC(c1cc(C)c(Br)s1)C1(CC(C)C)CCCC1. The van der Waals surface area contributed by atoms with E-state index in [0.29, 0.717) is 11.5 Å². The van der Waals surface area contributed by atoms with E-state index in [1.54, 1.807) is 0 Å². The topological polar surface area (TPSA) is 12.0 Å². The lowest BCUT2D eigenvalue weighted by Gasteiger charge is -2.38. The molecule has 1 saturated carbocycles. The summed E-state index contributed by atoms with van der Waals surface area (Å²) in [5, 5.41) is 3.64. The van der Waals surface area contributed by atoms with Gasteiger partial charge in [0, 0.05) is 10.9 Å². The molecule has 1 atom stereocenters. The predicted molar refractivity (Wildman–Crippen MR) is 88.9 cm³/mol. The molecule has 1 aromatic heterocycles. The van der Waals surface area contributed by atoms with Crippen molar-refractivity contribution in [2.45, 2.75) is 58.9 Å². The summed E-state index contributed by atoms with van der Waals surface area (Å²) >= 11 is 5.60. The molecule has 1 heterocycles. The number of thiophene rings is 1. The van der Waals surface area contributed by atoms with Crippen LogP contribution in [0.1, 0.15) is 62.4 Å². The van der Waals surface area contributed by atoms with E-state index in [1.807, 2.05) is 11.3 Å². The van der Waals surface area contributed by atoms with Crippen molar-refractivity contribution in [2.24, 2.45) is 11.3 Å². The third-order valence-corrected chi connectivity index (χ3v) is 6.68. The van der Waals surface area contributed by atoms with Gasteiger partial charge in [-0.1, -0.05) is 26.7 Å². The van der Waals surface area contributed by atoms with Gasteiger partial charge in [-0.15, -0.1) is 11.3 Å². The van der Waals surface area contributed by atoms with E-state index in [4.69, 9.17) is 0 Å². The minimum atomic E-state index is 0.472. The monoisotopic (exact) mass is 343 g/mol. The van der Waals surface area contributed by atoms with E-state index in [0.717, 1.165) is 5.92 Å². The highest BCUT2D eigenvalue weighted by Gasteiger charge is 2.42. The Balaban J connectivity index is 2.32. The third-order valence-electron chi connectivity index (χ3n) is 4.48. The Morgan fingerprint density at radius 2 is 2.00 bits per heavy atom. The van der Waals surface area contributed by atoms with Crippen molar-refractivity contribution >= 4 is 27.3 Å². The molecule has 0 aliphatic heterocycles. The van der Waals surface area contributed by atoms with Crippen LogP contribution in [-0.4, -0.2) is 7.05 Å². The Bertz CT molecular complexity index is 399. The lowest BCUT2D eigenvalue weighted by atomic mass is 9.72. The van der Waals surface area contributed by atoms with E-state index < -0.39 is 0 Å². The maximum atomic E-state index is 3.68. The number of hydrogen-bond acceptors (Lipinski definition) is 2. The van der Waals surface area contributed by atoms with Gasteiger partial charge in [0.05, 0.1) is 3.79 Å². The molecule has 0 spiro atoms. The van der Waals surface area contributed by atoms with Crippen molar-refractivity contribution < 1.29 is 0 Å². The summed E-state index contributed by atoms with van der Waals surface area (Å²) in [4.78, 5) is 1.51. The highest BCUT2D eigenvalue weighted by atomic mass is 79.9. The Labute approximate surface area is 130 Å². The molecular formula is C16H26BrNS. The fraction of sp³-hybridized carbons (Fsp3) is 0.750. The van der Waals surface area contributed by atoms with E-state index in [2.05, 4.69) is 55.1 Å². The fourth-order valence-corrected chi connectivity index (χ4v) is 5.70. The molecule has 1 aliphatic rings. The molecule has 19 heavy (non-hydrogen) atoms. The van der Waals surface area contributed by atoms with E-state index >= 15 is 0 Å². The number of rotatable bonds is 5. The lowest BCUT2D eigenvalue weighted by Crippen LogP contribution is -2.35. The Morgan fingerprint density at radius 3 is 2.42 bits per heavy atom. The van der Waals surface area contributed by atoms with Crippen LogP contribution >= 0.6 is 27.3 Å². The van der Waals surface area contributed by atoms with Gasteiger partial charge in [0.1, 0.15) is 0 Å². The average molecular weight is 344 g/mol. The molecule has 0 saturated heterocycles. The van der Waals surface area contributed by atoms with Crippen LogP contribution in [0.5, 0.6) is 0 Å². The summed E-state index contributed by atoms with van der Waals surface area (Å²) in [7, 11) is 2.13. The molecule has 2 rings (SSSR count). The molecule has 1 nitrogen and oxygen atoms in total. The average Bonchev–Trinajstić information content (AvgIpc) is 2.89. The number of nitrogens with one attached hydrogen (secondary N) is 1. The summed E-state index contributed by atoms with van der Waals surface area (Å²) in [6.45, 7) is 6.92. The van der Waals surface area contributed by atoms with Crippen LogP contribution in [0.2, 0.25) is 0 Å². The minimum Gasteiger partial charge on any atom is -0.312 e. The van der Waals surface area contributed by atoms with Crippen molar-refractivity contribution in [3.05, 3.63) is 20.3 Å². The first-order chi connectivity index (χ1) is 8.98. The molecule has 0 amide bonds. The zero-order valence-corrected chi connectivity index (χ0v) is 15.0. The summed E-state index contributed by atoms with van der Waals surface area (Å²) in [5.41, 5.74) is 1.84. The number of halogens is 1. The van der Waals surface area contributed by atoms with Crippen LogP contribution in [0.3, 0.4) is 0 Å². The lowest BCUT2D eigenvalue weighted by molar-refractivity contribution is 0.164. The summed E-state index contributed by atoms with van der Waals surface area (Å²) in [5.74, 6) is 0.776. The number of hydrogen-bond donors (Lipinski definition) is 1. The van der Waals surface area contributed by atoms with Crippen molar-refractivity contribution in [1.82, 2.24) is 5.32 Å². The van der Waals surface area contributed by atoms with Gasteiger partial charge >= 0.3 is 0 Å². The number of aryl methyl sites for hydroxylation is 1. The van der Waals surface area contributed by atoms with Gasteiger partial charge in [-0.25, -0.2) is 0 Å². The fourth-order valence-electron chi connectivity index (χ4n) is 3.88. The molecule has 3 heteroatoms.